The summed E-state index contributed by atoms with van der Waals surface area (Å²) >= 11 is 7.71. The molecule has 2 N–H and O–H groups in total. The highest BCUT2D eigenvalue weighted by atomic mass is 35.5. The summed E-state index contributed by atoms with van der Waals surface area (Å²) in [7, 11) is 3.20. The minimum atomic E-state index is -0.366. The molecule has 3 aromatic rings. The SMILES string of the molecule is COCCCNC(=O)c1ccccc1NC(=O)c1sc2cc(OC)ccc2c1Cl. The Labute approximate surface area is 177 Å². The van der Waals surface area contributed by atoms with Crippen LogP contribution in [0.2, 0.25) is 5.02 Å². The van der Waals surface area contributed by atoms with Gasteiger partial charge in [0.1, 0.15) is 10.6 Å². The van der Waals surface area contributed by atoms with Gasteiger partial charge in [0.2, 0.25) is 0 Å². The molecule has 0 saturated carbocycles. The number of hydrogen-bond donors (Lipinski definition) is 2. The van der Waals surface area contributed by atoms with Crippen LogP contribution in [-0.2, 0) is 4.74 Å². The fourth-order valence-corrected chi connectivity index (χ4v) is 4.24. The predicted molar refractivity (Wildman–Crippen MR) is 117 cm³/mol. The lowest BCUT2D eigenvalue weighted by Crippen LogP contribution is -2.26. The molecular formula is C21H21ClN2O4S. The molecule has 152 valence electrons. The molecule has 0 saturated heterocycles. The Morgan fingerprint density at radius 1 is 1.10 bits per heavy atom. The van der Waals surface area contributed by atoms with Crippen molar-refractivity contribution in [2.24, 2.45) is 0 Å². The molecule has 2 aromatic carbocycles. The van der Waals surface area contributed by atoms with Crippen LogP contribution in [-0.4, -0.2) is 39.2 Å². The molecule has 2 amide bonds. The molecule has 0 aliphatic carbocycles. The van der Waals surface area contributed by atoms with Crippen LogP contribution < -0.4 is 15.4 Å². The molecule has 3 rings (SSSR count). The van der Waals surface area contributed by atoms with E-state index in [0.29, 0.717) is 46.5 Å². The van der Waals surface area contributed by atoms with E-state index in [4.69, 9.17) is 21.1 Å². The van der Waals surface area contributed by atoms with Crippen molar-refractivity contribution in [1.29, 1.82) is 0 Å². The van der Waals surface area contributed by atoms with E-state index in [1.54, 1.807) is 44.6 Å². The number of para-hydroxylation sites is 1. The maximum absolute atomic E-state index is 12.9. The zero-order valence-electron chi connectivity index (χ0n) is 16.1. The Bertz CT molecular complexity index is 1030. The standard InChI is InChI=1S/C21H21ClN2O4S/c1-27-11-5-10-23-20(25)14-6-3-4-7-16(14)24-21(26)19-18(22)15-9-8-13(28-2)12-17(15)29-19/h3-4,6-9,12H,5,10-11H2,1-2H3,(H,23,25)(H,24,26). The van der Waals surface area contributed by atoms with Crippen molar-refractivity contribution in [2.75, 3.05) is 32.7 Å². The van der Waals surface area contributed by atoms with Crippen LogP contribution in [0.5, 0.6) is 5.75 Å². The van der Waals surface area contributed by atoms with Gasteiger partial charge in [-0.2, -0.15) is 0 Å². The van der Waals surface area contributed by atoms with Crippen molar-refractivity contribution in [3.63, 3.8) is 0 Å². The first-order chi connectivity index (χ1) is 14.0. The van der Waals surface area contributed by atoms with Crippen LogP contribution in [0.4, 0.5) is 5.69 Å². The number of nitrogens with one attached hydrogen (secondary N) is 2. The molecule has 0 spiro atoms. The van der Waals surface area contributed by atoms with E-state index in [1.807, 2.05) is 12.1 Å². The van der Waals surface area contributed by atoms with Crippen molar-refractivity contribution < 1.29 is 19.1 Å². The smallest absolute Gasteiger partial charge is 0.267 e. The Hall–Kier alpha value is -2.61. The summed E-state index contributed by atoms with van der Waals surface area (Å²) in [5.41, 5.74) is 0.810. The largest absolute Gasteiger partial charge is 0.497 e. The first-order valence-corrected chi connectivity index (χ1v) is 10.2. The molecule has 0 fully saturated rings. The highest BCUT2D eigenvalue weighted by Crippen LogP contribution is 2.37. The molecule has 8 heteroatoms. The van der Waals surface area contributed by atoms with Gasteiger partial charge in [-0.1, -0.05) is 23.7 Å². The summed E-state index contributed by atoms with van der Waals surface area (Å²) in [5.74, 6) is 0.0665. The van der Waals surface area contributed by atoms with Crippen molar-refractivity contribution in [2.45, 2.75) is 6.42 Å². The van der Waals surface area contributed by atoms with Crippen LogP contribution in [0.3, 0.4) is 0 Å². The third-order valence-corrected chi connectivity index (χ3v) is 5.93. The van der Waals surface area contributed by atoms with Gasteiger partial charge in [-0.3, -0.25) is 9.59 Å². The van der Waals surface area contributed by atoms with Gasteiger partial charge in [-0.15, -0.1) is 11.3 Å². The van der Waals surface area contributed by atoms with E-state index >= 15 is 0 Å². The van der Waals surface area contributed by atoms with Crippen LogP contribution >= 0.6 is 22.9 Å². The summed E-state index contributed by atoms with van der Waals surface area (Å²) in [4.78, 5) is 25.7. The average molecular weight is 433 g/mol. The topological polar surface area (TPSA) is 76.7 Å². The van der Waals surface area contributed by atoms with Gasteiger partial charge in [0, 0.05) is 30.3 Å². The molecule has 0 unspecified atom stereocenters. The monoisotopic (exact) mass is 432 g/mol. The first-order valence-electron chi connectivity index (χ1n) is 8.98. The fourth-order valence-electron chi connectivity index (χ4n) is 2.80. The van der Waals surface area contributed by atoms with Crippen LogP contribution in [0.1, 0.15) is 26.5 Å². The molecule has 0 radical (unpaired) electrons. The molecule has 0 aliphatic rings. The first kappa shape index (κ1) is 21.1. The van der Waals surface area contributed by atoms with E-state index in [2.05, 4.69) is 10.6 Å². The van der Waals surface area contributed by atoms with Crippen molar-refractivity contribution >= 4 is 50.5 Å². The summed E-state index contributed by atoms with van der Waals surface area (Å²) in [6.07, 6.45) is 0.706. The highest BCUT2D eigenvalue weighted by molar-refractivity contribution is 7.21. The summed E-state index contributed by atoms with van der Waals surface area (Å²) in [6.45, 7) is 1.05. The number of carbonyl (C=O) groups excluding carboxylic acids is 2. The van der Waals surface area contributed by atoms with Gasteiger partial charge in [-0.25, -0.2) is 0 Å². The second-order valence-corrected chi connectivity index (χ2v) is 7.64. The van der Waals surface area contributed by atoms with Gasteiger partial charge < -0.3 is 20.1 Å². The summed E-state index contributed by atoms with van der Waals surface area (Å²) < 4.78 is 11.1. The predicted octanol–water partition coefficient (Wildman–Crippen LogP) is 4.58. The number of rotatable bonds is 8. The number of amides is 2. The normalized spacial score (nSPS) is 10.7. The Kier molecular flexibility index (Phi) is 7.09. The molecule has 29 heavy (non-hydrogen) atoms. The lowest BCUT2D eigenvalue weighted by molar-refractivity contribution is 0.0949. The van der Waals surface area contributed by atoms with E-state index in [-0.39, 0.29) is 11.8 Å². The van der Waals surface area contributed by atoms with E-state index in [1.165, 1.54) is 11.3 Å². The second kappa shape index (κ2) is 9.73. The van der Waals surface area contributed by atoms with Gasteiger partial charge in [0.05, 0.1) is 23.4 Å². The van der Waals surface area contributed by atoms with Crippen molar-refractivity contribution in [3.05, 3.63) is 57.9 Å². The molecule has 0 aliphatic heterocycles. The Morgan fingerprint density at radius 2 is 1.90 bits per heavy atom. The Balaban J connectivity index is 1.80. The highest BCUT2D eigenvalue weighted by Gasteiger charge is 2.20. The number of anilines is 1. The number of halogens is 1. The van der Waals surface area contributed by atoms with E-state index in [9.17, 15) is 9.59 Å². The molecule has 6 nitrogen and oxygen atoms in total. The molecule has 0 atom stereocenters. The maximum atomic E-state index is 12.9. The minimum Gasteiger partial charge on any atom is -0.497 e. The number of hydrogen-bond acceptors (Lipinski definition) is 5. The lowest BCUT2D eigenvalue weighted by atomic mass is 10.1. The Morgan fingerprint density at radius 3 is 2.66 bits per heavy atom. The third kappa shape index (κ3) is 4.87. The number of benzene rings is 2. The number of methoxy groups -OCH3 is 2. The third-order valence-electron chi connectivity index (χ3n) is 4.27. The van der Waals surface area contributed by atoms with Crippen molar-refractivity contribution in [1.82, 2.24) is 5.32 Å². The zero-order valence-corrected chi connectivity index (χ0v) is 17.7. The van der Waals surface area contributed by atoms with Gasteiger partial charge in [-0.05, 0) is 36.8 Å². The van der Waals surface area contributed by atoms with Crippen LogP contribution in [0, 0.1) is 0 Å². The van der Waals surface area contributed by atoms with E-state index in [0.717, 1.165) is 10.1 Å². The number of thiophene rings is 1. The van der Waals surface area contributed by atoms with Crippen molar-refractivity contribution in [3.8, 4) is 5.75 Å². The van der Waals surface area contributed by atoms with Crippen LogP contribution in [0.25, 0.3) is 10.1 Å². The molecule has 0 bridgehead atoms. The number of ether oxygens (including phenoxy) is 2. The van der Waals surface area contributed by atoms with Gasteiger partial charge >= 0.3 is 0 Å². The molecule has 1 aromatic heterocycles. The maximum Gasteiger partial charge on any atom is 0.267 e. The molecule has 1 heterocycles. The number of fused-ring (bicyclic) bond motifs is 1. The minimum absolute atomic E-state index is 0.260. The number of carbonyl (C=O) groups is 2. The average Bonchev–Trinajstić information content (AvgIpc) is 3.07. The van der Waals surface area contributed by atoms with Gasteiger partial charge in [0.15, 0.2) is 0 Å². The lowest BCUT2D eigenvalue weighted by Gasteiger charge is -2.11. The molecular weight excluding hydrogens is 412 g/mol. The van der Waals surface area contributed by atoms with Gasteiger partial charge in [0.25, 0.3) is 11.8 Å². The van der Waals surface area contributed by atoms with Crippen LogP contribution in [0.15, 0.2) is 42.5 Å². The quantitative estimate of drug-likeness (QED) is 0.511. The van der Waals surface area contributed by atoms with E-state index < -0.39 is 0 Å². The fraction of sp³-hybridized carbons (Fsp3) is 0.238. The summed E-state index contributed by atoms with van der Waals surface area (Å²) in [5, 5.41) is 6.80. The second-order valence-electron chi connectivity index (χ2n) is 6.21. The zero-order chi connectivity index (χ0) is 20.8. The summed E-state index contributed by atoms with van der Waals surface area (Å²) in [6, 6.07) is 12.3.